The summed E-state index contributed by atoms with van der Waals surface area (Å²) in [6.07, 6.45) is 5.48. The van der Waals surface area contributed by atoms with Gasteiger partial charge in [-0.2, -0.15) is 5.26 Å². The highest BCUT2D eigenvalue weighted by Gasteiger charge is 2.16. The van der Waals surface area contributed by atoms with Crippen molar-refractivity contribution in [3.8, 4) is 6.07 Å². The summed E-state index contributed by atoms with van der Waals surface area (Å²) in [6, 6.07) is 4.16. The maximum Gasteiger partial charge on any atom is 0.149 e. The molecular weight excluding hydrogens is 238 g/mol. The third-order valence-corrected chi connectivity index (χ3v) is 3.63. The van der Waals surface area contributed by atoms with E-state index in [9.17, 15) is 0 Å². The molecule has 1 aromatic heterocycles. The molecule has 19 heavy (non-hydrogen) atoms. The lowest BCUT2D eigenvalue weighted by Gasteiger charge is -2.32. The molecule has 0 radical (unpaired) electrons. The van der Waals surface area contributed by atoms with E-state index in [4.69, 9.17) is 11.0 Å². The smallest absolute Gasteiger partial charge is 0.149 e. The van der Waals surface area contributed by atoms with E-state index in [0.717, 1.165) is 6.54 Å². The summed E-state index contributed by atoms with van der Waals surface area (Å²) < 4.78 is 0. The SMILES string of the molecule is CC(CNc1ncc(C#N)cc1N)N1CCCCC1. The normalized spacial score (nSPS) is 17.7. The highest BCUT2D eigenvalue weighted by Crippen LogP contribution is 2.17. The standard InChI is InChI=1S/C14H21N5/c1-11(19-5-3-2-4-6-19)9-17-14-13(16)7-12(8-15)10-18-14/h7,10-11H,2-6,9,16H2,1H3,(H,17,18). The fourth-order valence-corrected chi connectivity index (χ4v) is 2.42. The van der Waals surface area contributed by atoms with Gasteiger partial charge >= 0.3 is 0 Å². The second kappa shape index (κ2) is 6.39. The van der Waals surface area contributed by atoms with Crippen LogP contribution in [0.4, 0.5) is 11.5 Å². The number of aromatic nitrogens is 1. The number of likely N-dealkylation sites (tertiary alicyclic amines) is 1. The maximum absolute atomic E-state index is 8.77. The molecule has 2 rings (SSSR count). The van der Waals surface area contributed by atoms with Crippen molar-refractivity contribution in [1.82, 2.24) is 9.88 Å². The third-order valence-electron chi connectivity index (χ3n) is 3.63. The fourth-order valence-electron chi connectivity index (χ4n) is 2.42. The van der Waals surface area contributed by atoms with E-state index in [1.54, 1.807) is 12.3 Å². The van der Waals surface area contributed by atoms with E-state index in [2.05, 4.69) is 22.1 Å². The number of nitrogens with two attached hydrogens (primary N) is 1. The van der Waals surface area contributed by atoms with E-state index in [1.165, 1.54) is 32.4 Å². The molecule has 5 heteroatoms. The third kappa shape index (κ3) is 3.58. The highest BCUT2D eigenvalue weighted by atomic mass is 15.2. The van der Waals surface area contributed by atoms with Gasteiger partial charge < -0.3 is 11.1 Å². The number of nitrogens with one attached hydrogen (secondary N) is 1. The lowest BCUT2D eigenvalue weighted by atomic mass is 10.1. The van der Waals surface area contributed by atoms with Crippen LogP contribution >= 0.6 is 0 Å². The Hall–Kier alpha value is -1.80. The fraction of sp³-hybridized carbons (Fsp3) is 0.571. The molecule has 5 nitrogen and oxygen atoms in total. The van der Waals surface area contributed by atoms with Crippen LogP contribution in [0.1, 0.15) is 31.7 Å². The van der Waals surface area contributed by atoms with Crippen molar-refractivity contribution in [3.63, 3.8) is 0 Å². The summed E-state index contributed by atoms with van der Waals surface area (Å²) in [5, 5.41) is 12.0. The Kier molecular flexibility index (Phi) is 4.58. The highest BCUT2D eigenvalue weighted by molar-refractivity contribution is 5.63. The number of hydrogen-bond donors (Lipinski definition) is 2. The van der Waals surface area contributed by atoms with Crippen molar-refractivity contribution in [2.45, 2.75) is 32.2 Å². The summed E-state index contributed by atoms with van der Waals surface area (Å²) in [6.45, 7) is 5.40. The van der Waals surface area contributed by atoms with Gasteiger partial charge in [0, 0.05) is 18.8 Å². The summed E-state index contributed by atoms with van der Waals surface area (Å²) >= 11 is 0. The van der Waals surface area contributed by atoms with Gasteiger partial charge in [-0.25, -0.2) is 4.98 Å². The predicted octanol–water partition coefficient (Wildman–Crippen LogP) is 1.82. The quantitative estimate of drug-likeness (QED) is 0.862. The Balaban J connectivity index is 1.89. The first-order valence-corrected chi connectivity index (χ1v) is 6.84. The number of piperidine rings is 1. The molecule has 1 saturated heterocycles. The van der Waals surface area contributed by atoms with Gasteiger partial charge in [0.2, 0.25) is 0 Å². The maximum atomic E-state index is 8.77. The molecule has 0 aliphatic carbocycles. The molecule has 1 atom stereocenters. The summed E-state index contributed by atoms with van der Waals surface area (Å²) in [7, 11) is 0. The molecule has 0 amide bonds. The summed E-state index contributed by atoms with van der Waals surface area (Å²) in [5.74, 6) is 0.669. The van der Waals surface area contributed by atoms with E-state index >= 15 is 0 Å². The number of hydrogen-bond acceptors (Lipinski definition) is 5. The van der Waals surface area contributed by atoms with Crippen molar-refractivity contribution in [1.29, 1.82) is 5.26 Å². The van der Waals surface area contributed by atoms with Gasteiger partial charge in [0.1, 0.15) is 11.9 Å². The molecule has 102 valence electrons. The monoisotopic (exact) mass is 259 g/mol. The van der Waals surface area contributed by atoms with Gasteiger partial charge in [-0.05, 0) is 38.9 Å². The van der Waals surface area contributed by atoms with Crippen LogP contribution < -0.4 is 11.1 Å². The number of nitrogen functional groups attached to an aromatic ring is 1. The summed E-state index contributed by atoms with van der Waals surface area (Å²) in [5.41, 5.74) is 6.90. The molecule has 0 bridgehead atoms. The second-order valence-electron chi connectivity index (χ2n) is 5.10. The topological polar surface area (TPSA) is 78.0 Å². The Labute approximate surface area is 114 Å². The zero-order chi connectivity index (χ0) is 13.7. The van der Waals surface area contributed by atoms with Crippen molar-refractivity contribution >= 4 is 11.5 Å². The first-order chi connectivity index (χ1) is 9.20. The van der Waals surface area contributed by atoms with Gasteiger partial charge in [0.05, 0.1) is 11.3 Å². The molecule has 1 aliphatic rings. The van der Waals surface area contributed by atoms with Gasteiger partial charge in [-0.3, -0.25) is 4.90 Å². The molecule has 2 heterocycles. The van der Waals surface area contributed by atoms with Crippen LogP contribution in [0.25, 0.3) is 0 Å². The van der Waals surface area contributed by atoms with Crippen molar-refractivity contribution in [3.05, 3.63) is 17.8 Å². The predicted molar refractivity (Wildman–Crippen MR) is 76.7 cm³/mol. The first kappa shape index (κ1) is 13.6. The Morgan fingerprint density at radius 2 is 2.21 bits per heavy atom. The minimum atomic E-state index is 0.470. The molecule has 0 saturated carbocycles. The average molecular weight is 259 g/mol. The second-order valence-corrected chi connectivity index (χ2v) is 5.10. The molecule has 1 fully saturated rings. The lowest BCUT2D eigenvalue weighted by molar-refractivity contribution is 0.180. The minimum Gasteiger partial charge on any atom is -0.396 e. The molecular formula is C14H21N5. The van der Waals surface area contributed by atoms with Crippen molar-refractivity contribution in [2.75, 3.05) is 30.7 Å². The number of nitrogens with zero attached hydrogens (tertiary/aromatic N) is 3. The molecule has 0 spiro atoms. The van der Waals surface area contributed by atoms with Gasteiger partial charge in [-0.15, -0.1) is 0 Å². The number of nitriles is 1. The first-order valence-electron chi connectivity index (χ1n) is 6.84. The molecule has 1 aliphatic heterocycles. The molecule has 3 N–H and O–H groups in total. The van der Waals surface area contributed by atoms with E-state index in [0.29, 0.717) is 23.1 Å². The van der Waals surface area contributed by atoms with Crippen molar-refractivity contribution < 1.29 is 0 Å². The number of pyridine rings is 1. The van der Waals surface area contributed by atoms with E-state index < -0.39 is 0 Å². The lowest BCUT2D eigenvalue weighted by Crippen LogP contribution is -2.41. The van der Waals surface area contributed by atoms with Crippen molar-refractivity contribution in [2.24, 2.45) is 0 Å². The largest absolute Gasteiger partial charge is 0.396 e. The number of rotatable bonds is 4. The zero-order valence-corrected chi connectivity index (χ0v) is 11.4. The molecule has 1 aromatic rings. The van der Waals surface area contributed by atoms with Gasteiger partial charge in [0.15, 0.2) is 0 Å². The van der Waals surface area contributed by atoms with Gasteiger partial charge in [-0.1, -0.05) is 6.42 Å². The Morgan fingerprint density at radius 3 is 2.84 bits per heavy atom. The van der Waals surface area contributed by atoms with Crippen LogP contribution in [0, 0.1) is 11.3 Å². The zero-order valence-electron chi connectivity index (χ0n) is 11.4. The summed E-state index contributed by atoms with van der Waals surface area (Å²) in [4.78, 5) is 6.69. The van der Waals surface area contributed by atoms with Crippen LogP contribution in [-0.2, 0) is 0 Å². The minimum absolute atomic E-state index is 0.470. The molecule has 1 unspecified atom stereocenters. The van der Waals surface area contributed by atoms with Crippen LogP contribution in [0.15, 0.2) is 12.3 Å². The van der Waals surface area contributed by atoms with E-state index in [1.807, 2.05) is 6.07 Å². The van der Waals surface area contributed by atoms with Gasteiger partial charge in [0.25, 0.3) is 0 Å². The average Bonchev–Trinajstić information content (AvgIpc) is 2.46. The van der Waals surface area contributed by atoms with E-state index in [-0.39, 0.29) is 0 Å². The Morgan fingerprint density at radius 1 is 1.47 bits per heavy atom. The van der Waals surface area contributed by atoms with Crippen LogP contribution in [0.5, 0.6) is 0 Å². The van der Waals surface area contributed by atoms with Crippen LogP contribution in [-0.4, -0.2) is 35.6 Å². The number of anilines is 2. The van der Waals surface area contributed by atoms with Crippen LogP contribution in [0.3, 0.4) is 0 Å². The Bertz CT molecular complexity index is 459. The molecule has 0 aromatic carbocycles. The van der Waals surface area contributed by atoms with Crippen LogP contribution in [0.2, 0.25) is 0 Å².